The number of carbonyl (C=O) groups is 1. The van der Waals surface area contributed by atoms with Gasteiger partial charge in [-0.3, -0.25) is 4.79 Å². The molecule has 5 heteroatoms. The van der Waals surface area contributed by atoms with E-state index in [1.165, 1.54) is 16.7 Å². The summed E-state index contributed by atoms with van der Waals surface area (Å²) in [7, 11) is 0. The van der Waals surface area contributed by atoms with E-state index >= 15 is 0 Å². The number of amides is 1. The summed E-state index contributed by atoms with van der Waals surface area (Å²) >= 11 is 0. The summed E-state index contributed by atoms with van der Waals surface area (Å²) < 4.78 is 0. The topological polar surface area (TPSA) is 87.4 Å². The molecule has 1 heterocycles. The zero-order valence-corrected chi connectivity index (χ0v) is 18.7. The number of fused-ring (bicyclic) bond motifs is 1. The number of hydrogen-bond acceptors (Lipinski definition) is 4. The van der Waals surface area contributed by atoms with Gasteiger partial charge in [0, 0.05) is 12.2 Å². The molecule has 0 spiro atoms. The second-order valence-electron chi connectivity index (χ2n) is 8.74. The molecule has 0 radical (unpaired) electrons. The zero-order chi connectivity index (χ0) is 22.7. The molecule has 3 aromatic rings. The van der Waals surface area contributed by atoms with E-state index in [2.05, 4.69) is 54.0 Å². The molecular weight excluding hydrogens is 398 g/mol. The Morgan fingerprint density at radius 3 is 2.62 bits per heavy atom. The third-order valence-corrected chi connectivity index (χ3v) is 6.21. The number of phenols is 1. The number of anilines is 1. The van der Waals surface area contributed by atoms with Crippen molar-refractivity contribution in [3.63, 3.8) is 0 Å². The molecule has 2 atom stereocenters. The van der Waals surface area contributed by atoms with Crippen LogP contribution in [0, 0.1) is 13.8 Å². The van der Waals surface area contributed by atoms with Crippen molar-refractivity contribution in [3.8, 4) is 5.75 Å². The van der Waals surface area contributed by atoms with Gasteiger partial charge in [0.25, 0.3) is 0 Å². The van der Waals surface area contributed by atoms with Gasteiger partial charge in [-0.1, -0.05) is 48.5 Å². The van der Waals surface area contributed by atoms with E-state index in [9.17, 15) is 9.90 Å². The first-order chi connectivity index (χ1) is 15.4. The second kappa shape index (κ2) is 9.45. The molecule has 0 aliphatic carbocycles. The van der Waals surface area contributed by atoms with Crippen molar-refractivity contribution < 1.29 is 9.90 Å². The summed E-state index contributed by atoms with van der Waals surface area (Å²) in [6.45, 7) is 4.84. The number of hydrogen-bond donors (Lipinski definition) is 4. The first-order valence-electron chi connectivity index (χ1n) is 11.2. The maximum atomic E-state index is 13.0. The molecule has 32 heavy (non-hydrogen) atoms. The predicted molar refractivity (Wildman–Crippen MR) is 129 cm³/mol. The van der Waals surface area contributed by atoms with Crippen LogP contribution in [0.5, 0.6) is 5.75 Å². The molecule has 3 aromatic carbocycles. The molecule has 0 saturated carbocycles. The summed E-state index contributed by atoms with van der Waals surface area (Å²) in [5.74, 6) is 0.0682. The highest BCUT2D eigenvalue weighted by molar-refractivity contribution is 5.83. The maximum Gasteiger partial charge on any atom is 0.237 e. The molecule has 5 nitrogen and oxygen atoms in total. The summed E-state index contributed by atoms with van der Waals surface area (Å²) in [4.78, 5) is 13.0. The van der Waals surface area contributed by atoms with Crippen LogP contribution in [0.3, 0.4) is 0 Å². The van der Waals surface area contributed by atoms with Crippen molar-refractivity contribution in [2.45, 2.75) is 45.2 Å². The summed E-state index contributed by atoms with van der Waals surface area (Å²) in [6, 6.07) is 19.3. The van der Waals surface area contributed by atoms with Crippen molar-refractivity contribution in [2.24, 2.45) is 5.73 Å². The first-order valence-corrected chi connectivity index (χ1v) is 11.2. The van der Waals surface area contributed by atoms with Gasteiger partial charge in [-0.25, -0.2) is 0 Å². The zero-order valence-electron chi connectivity index (χ0n) is 18.7. The molecule has 0 fully saturated rings. The fraction of sp³-hybridized carbons (Fsp3) is 0.296. The number of carbonyl (C=O) groups excluding carboxylic acids is 1. The van der Waals surface area contributed by atoms with Crippen molar-refractivity contribution in [1.82, 2.24) is 5.32 Å². The molecule has 0 unspecified atom stereocenters. The van der Waals surface area contributed by atoms with Crippen LogP contribution in [-0.2, 0) is 17.6 Å². The van der Waals surface area contributed by atoms with Gasteiger partial charge in [-0.2, -0.15) is 0 Å². The number of aromatic hydroxyl groups is 1. The number of nitrogens with one attached hydrogen (secondary N) is 2. The molecule has 1 amide bonds. The second-order valence-corrected chi connectivity index (χ2v) is 8.74. The number of phenolic OH excluding ortho intramolecular Hbond substituents is 1. The molecule has 1 aliphatic heterocycles. The lowest BCUT2D eigenvalue weighted by Crippen LogP contribution is -2.44. The monoisotopic (exact) mass is 429 g/mol. The Morgan fingerprint density at radius 2 is 1.88 bits per heavy atom. The number of nitrogens with two attached hydrogens (primary N) is 1. The van der Waals surface area contributed by atoms with E-state index in [1.54, 1.807) is 12.1 Å². The van der Waals surface area contributed by atoms with Crippen molar-refractivity contribution >= 4 is 11.6 Å². The predicted octanol–water partition coefficient (Wildman–Crippen LogP) is 4.14. The van der Waals surface area contributed by atoms with Crippen molar-refractivity contribution in [2.75, 3.05) is 11.9 Å². The van der Waals surface area contributed by atoms with Gasteiger partial charge in [-0.05, 0) is 78.6 Å². The Hall–Kier alpha value is -3.31. The Bertz CT molecular complexity index is 1110. The van der Waals surface area contributed by atoms with E-state index in [0.29, 0.717) is 6.42 Å². The van der Waals surface area contributed by atoms with Crippen LogP contribution in [0.4, 0.5) is 5.69 Å². The molecule has 0 aromatic heterocycles. The van der Waals surface area contributed by atoms with Gasteiger partial charge in [-0.15, -0.1) is 0 Å². The molecule has 1 aliphatic rings. The van der Waals surface area contributed by atoms with Crippen LogP contribution < -0.4 is 16.4 Å². The Balaban J connectivity index is 1.51. The molecule has 0 bridgehead atoms. The van der Waals surface area contributed by atoms with Gasteiger partial charge in [0.2, 0.25) is 5.91 Å². The van der Waals surface area contributed by atoms with Crippen molar-refractivity contribution in [1.29, 1.82) is 0 Å². The Kier molecular flexibility index (Phi) is 6.47. The average Bonchev–Trinajstić information content (AvgIpc) is 2.77. The van der Waals surface area contributed by atoms with Gasteiger partial charge in [0.05, 0.1) is 12.1 Å². The van der Waals surface area contributed by atoms with Gasteiger partial charge < -0.3 is 21.5 Å². The summed E-state index contributed by atoms with van der Waals surface area (Å²) in [5.41, 5.74) is 14.1. The van der Waals surface area contributed by atoms with E-state index in [-0.39, 0.29) is 17.7 Å². The molecule has 4 rings (SSSR count). The number of benzene rings is 3. The fourth-order valence-corrected chi connectivity index (χ4v) is 4.51. The van der Waals surface area contributed by atoms with E-state index < -0.39 is 6.04 Å². The highest BCUT2D eigenvalue weighted by atomic mass is 16.3. The first kappa shape index (κ1) is 21.9. The van der Waals surface area contributed by atoms with Crippen LogP contribution in [-0.4, -0.2) is 23.6 Å². The Labute approximate surface area is 189 Å². The molecular formula is C27H31N3O2. The largest absolute Gasteiger partial charge is 0.508 e. The van der Waals surface area contributed by atoms with E-state index in [4.69, 9.17) is 5.73 Å². The third kappa shape index (κ3) is 4.94. The molecule has 5 N–H and O–H groups in total. The lowest BCUT2D eigenvalue weighted by molar-refractivity contribution is -0.123. The SMILES string of the molecule is Cc1cc(O)ccc1C[C@H](N)C(=O)N[C@@H]1CCNc2c(C)cc(Cc3ccccc3)cc21. The highest BCUT2D eigenvalue weighted by Gasteiger charge is 2.26. The van der Waals surface area contributed by atoms with Gasteiger partial charge in [0.15, 0.2) is 0 Å². The van der Waals surface area contributed by atoms with Crippen LogP contribution >= 0.6 is 0 Å². The van der Waals surface area contributed by atoms with Crippen LogP contribution in [0.1, 0.15) is 45.8 Å². The lowest BCUT2D eigenvalue weighted by Gasteiger charge is -2.30. The summed E-state index contributed by atoms with van der Waals surface area (Å²) in [5, 5.41) is 16.3. The van der Waals surface area contributed by atoms with Crippen LogP contribution in [0.2, 0.25) is 0 Å². The van der Waals surface area contributed by atoms with Crippen LogP contribution in [0.25, 0.3) is 0 Å². The smallest absolute Gasteiger partial charge is 0.237 e. The normalized spacial score (nSPS) is 16.0. The minimum absolute atomic E-state index is 0.0693. The minimum Gasteiger partial charge on any atom is -0.508 e. The molecule has 166 valence electrons. The fourth-order valence-electron chi connectivity index (χ4n) is 4.51. The molecule has 0 saturated heterocycles. The van der Waals surface area contributed by atoms with Gasteiger partial charge >= 0.3 is 0 Å². The standard InChI is InChI=1S/C27H31N3O2/c1-17-13-22(31)9-8-21(17)16-24(28)27(32)30-25-10-11-29-26-18(2)12-20(15-23(25)26)14-19-6-4-3-5-7-19/h3-9,12-13,15,24-25,29,31H,10-11,14,16,28H2,1-2H3,(H,30,32)/t24-,25+/m0/s1. The van der Waals surface area contributed by atoms with Gasteiger partial charge in [0.1, 0.15) is 5.75 Å². The minimum atomic E-state index is -0.648. The Morgan fingerprint density at radius 1 is 1.09 bits per heavy atom. The number of rotatable bonds is 6. The van der Waals surface area contributed by atoms with E-state index in [1.807, 2.05) is 19.1 Å². The van der Waals surface area contributed by atoms with Crippen molar-refractivity contribution in [3.05, 3.63) is 94.0 Å². The average molecular weight is 430 g/mol. The number of aryl methyl sites for hydroxylation is 2. The lowest BCUT2D eigenvalue weighted by atomic mass is 9.90. The highest BCUT2D eigenvalue weighted by Crippen LogP contribution is 2.34. The summed E-state index contributed by atoms with van der Waals surface area (Å²) in [6.07, 6.45) is 2.11. The van der Waals surface area contributed by atoms with Crippen LogP contribution in [0.15, 0.2) is 60.7 Å². The maximum absolute atomic E-state index is 13.0. The van der Waals surface area contributed by atoms with E-state index in [0.717, 1.165) is 41.8 Å². The third-order valence-electron chi connectivity index (χ3n) is 6.21. The quantitative estimate of drug-likeness (QED) is 0.474.